The monoisotopic (exact) mass is 274 g/mol. The smallest absolute Gasteiger partial charge is 0.180 e. The number of nitrogens with zero attached hydrogens (tertiary/aromatic N) is 2. The maximum absolute atomic E-state index is 11.6. The first kappa shape index (κ1) is 15.0. The molecule has 110 valence electrons. The fourth-order valence-electron chi connectivity index (χ4n) is 3.09. The third kappa shape index (κ3) is 3.38. The van der Waals surface area contributed by atoms with Gasteiger partial charge >= 0.3 is 0 Å². The zero-order chi connectivity index (χ0) is 14.5. The third-order valence-corrected chi connectivity index (χ3v) is 4.70. The Balaban J connectivity index is 1.99. The standard InChI is InChI=1S/C17H26N2O/c1-4-13-6-8-14(9-7-13)19(3)15-10-11-16(18-12-15)17(20)5-2/h10-14H,4-9H2,1-3H3. The largest absolute Gasteiger partial charge is 0.370 e. The summed E-state index contributed by atoms with van der Waals surface area (Å²) in [5.74, 6) is 1.03. The zero-order valence-electron chi connectivity index (χ0n) is 12.9. The van der Waals surface area contributed by atoms with Crippen molar-refractivity contribution in [1.82, 2.24) is 4.98 Å². The number of aromatic nitrogens is 1. The van der Waals surface area contributed by atoms with E-state index in [2.05, 4.69) is 23.9 Å². The van der Waals surface area contributed by atoms with Crippen LogP contribution in [0.2, 0.25) is 0 Å². The Morgan fingerprint density at radius 1 is 1.25 bits per heavy atom. The van der Waals surface area contributed by atoms with Crippen molar-refractivity contribution in [3.8, 4) is 0 Å². The Hall–Kier alpha value is -1.38. The summed E-state index contributed by atoms with van der Waals surface area (Å²) in [5.41, 5.74) is 1.71. The minimum Gasteiger partial charge on any atom is -0.370 e. The van der Waals surface area contributed by atoms with E-state index in [4.69, 9.17) is 0 Å². The van der Waals surface area contributed by atoms with Crippen LogP contribution in [-0.2, 0) is 0 Å². The van der Waals surface area contributed by atoms with Gasteiger partial charge in [0.1, 0.15) is 5.69 Å². The molecule has 1 aromatic rings. The SMILES string of the molecule is CCC(=O)c1ccc(N(C)C2CCC(CC)CC2)cn1. The Morgan fingerprint density at radius 3 is 2.45 bits per heavy atom. The van der Waals surface area contributed by atoms with Crippen LogP contribution in [0.3, 0.4) is 0 Å². The molecule has 3 heteroatoms. The second-order valence-corrected chi connectivity index (χ2v) is 5.87. The van der Waals surface area contributed by atoms with Crippen molar-refractivity contribution < 1.29 is 4.79 Å². The molecular weight excluding hydrogens is 248 g/mol. The summed E-state index contributed by atoms with van der Waals surface area (Å²) in [7, 11) is 2.15. The van der Waals surface area contributed by atoms with Crippen LogP contribution in [-0.4, -0.2) is 23.9 Å². The number of anilines is 1. The summed E-state index contributed by atoms with van der Waals surface area (Å²) < 4.78 is 0. The minimum atomic E-state index is 0.114. The molecule has 0 bridgehead atoms. The Kier molecular flexibility index (Phi) is 5.16. The van der Waals surface area contributed by atoms with Gasteiger partial charge < -0.3 is 4.90 Å². The van der Waals surface area contributed by atoms with Gasteiger partial charge in [0.05, 0.1) is 11.9 Å². The first-order valence-corrected chi connectivity index (χ1v) is 7.87. The predicted molar refractivity (Wildman–Crippen MR) is 83.3 cm³/mol. The molecule has 0 radical (unpaired) electrons. The first-order valence-electron chi connectivity index (χ1n) is 7.87. The topological polar surface area (TPSA) is 33.2 Å². The molecule has 1 aliphatic rings. The van der Waals surface area contributed by atoms with Gasteiger partial charge in [0, 0.05) is 19.5 Å². The molecule has 2 rings (SSSR count). The molecule has 1 aliphatic carbocycles. The number of hydrogen-bond acceptors (Lipinski definition) is 3. The number of Topliss-reactive ketones (excluding diaryl/α,β-unsaturated/α-hetero) is 1. The average molecular weight is 274 g/mol. The van der Waals surface area contributed by atoms with E-state index < -0.39 is 0 Å². The van der Waals surface area contributed by atoms with Crippen molar-refractivity contribution in [2.24, 2.45) is 5.92 Å². The molecule has 0 aromatic carbocycles. The lowest BCUT2D eigenvalue weighted by molar-refractivity contribution is 0.0983. The summed E-state index contributed by atoms with van der Waals surface area (Å²) in [4.78, 5) is 18.2. The summed E-state index contributed by atoms with van der Waals surface area (Å²) >= 11 is 0. The molecule has 1 fully saturated rings. The molecule has 0 spiro atoms. The van der Waals surface area contributed by atoms with Crippen molar-refractivity contribution in [2.75, 3.05) is 11.9 Å². The van der Waals surface area contributed by atoms with Gasteiger partial charge in [-0.25, -0.2) is 0 Å². The Labute approximate surface area is 122 Å². The molecule has 0 unspecified atom stereocenters. The van der Waals surface area contributed by atoms with Crippen LogP contribution >= 0.6 is 0 Å². The van der Waals surface area contributed by atoms with Crippen LogP contribution < -0.4 is 4.90 Å². The summed E-state index contributed by atoms with van der Waals surface area (Å²) in [6.45, 7) is 4.16. The second-order valence-electron chi connectivity index (χ2n) is 5.87. The molecule has 3 nitrogen and oxygen atoms in total. The highest BCUT2D eigenvalue weighted by molar-refractivity contribution is 5.94. The molecule has 0 N–H and O–H groups in total. The zero-order valence-corrected chi connectivity index (χ0v) is 12.9. The van der Waals surface area contributed by atoms with Gasteiger partial charge in [-0.3, -0.25) is 9.78 Å². The van der Waals surface area contributed by atoms with E-state index >= 15 is 0 Å². The van der Waals surface area contributed by atoms with E-state index in [0.29, 0.717) is 18.2 Å². The lowest BCUT2D eigenvalue weighted by Crippen LogP contribution is -2.35. The minimum absolute atomic E-state index is 0.114. The molecule has 0 atom stereocenters. The van der Waals surface area contributed by atoms with Crippen LogP contribution in [0.25, 0.3) is 0 Å². The Morgan fingerprint density at radius 2 is 1.95 bits per heavy atom. The molecule has 20 heavy (non-hydrogen) atoms. The summed E-state index contributed by atoms with van der Waals surface area (Å²) in [6.07, 6.45) is 8.88. The first-order chi connectivity index (χ1) is 9.65. The number of carbonyl (C=O) groups is 1. The normalized spacial score (nSPS) is 22.6. The van der Waals surface area contributed by atoms with Crippen molar-refractivity contribution in [3.05, 3.63) is 24.0 Å². The van der Waals surface area contributed by atoms with Gasteiger partial charge in [-0.1, -0.05) is 20.3 Å². The van der Waals surface area contributed by atoms with E-state index in [1.54, 1.807) is 0 Å². The average Bonchev–Trinajstić information content (AvgIpc) is 2.53. The van der Waals surface area contributed by atoms with E-state index in [1.807, 2.05) is 25.3 Å². The van der Waals surface area contributed by atoms with E-state index in [1.165, 1.54) is 32.1 Å². The van der Waals surface area contributed by atoms with Crippen molar-refractivity contribution in [3.63, 3.8) is 0 Å². The van der Waals surface area contributed by atoms with Gasteiger partial charge in [0.15, 0.2) is 5.78 Å². The van der Waals surface area contributed by atoms with Crippen LogP contribution in [0.5, 0.6) is 0 Å². The number of carbonyl (C=O) groups excluding carboxylic acids is 1. The van der Waals surface area contributed by atoms with Gasteiger partial charge in [-0.15, -0.1) is 0 Å². The highest BCUT2D eigenvalue weighted by Gasteiger charge is 2.23. The molecular formula is C17H26N2O. The quantitative estimate of drug-likeness (QED) is 0.759. The predicted octanol–water partition coefficient (Wildman–Crippen LogP) is 4.08. The lowest BCUT2D eigenvalue weighted by atomic mass is 9.84. The highest BCUT2D eigenvalue weighted by atomic mass is 16.1. The molecule has 0 saturated heterocycles. The van der Waals surface area contributed by atoms with E-state index in [-0.39, 0.29) is 5.78 Å². The highest BCUT2D eigenvalue weighted by Crippen LogP contribution is 2.30. The number of rotatable bonds is 5. The number of ketones is 1. The molecule has 0 amide bonds. The van der Waals surface area contributed by atoms with Crippen molar-refractivity contribution in [1.29, 1.82) is 0 Å². The third-order valence-electron chi connectivity index (χ3n) is 4.70. The molecule has 1 heterocycles. The lowest BCUT2D eigenvalue weighted by Gasteiger charge is -2.35. The summed E-state index contributed by atoms with van der Waals surface area (Å²) in [5, 5.41) is 0. The van der Waals surface area contributed by atoms with Crippen molar-refractivity contribution in [2.45, 2.75) is 58.4 Å². The second kappa shape index (κ2) is 6.87. The van der Waals surface area contributed by atoms with Crippen LogP contribution in [0.1, 0.15) is 62.9 Å². The van der Waals surface area contributed by atoms with Crippen LogP contribution in [0, 0.1) is 5.92 Å². The van der Waals surface area contributed by atoms with Gasteiger partial charge in [0.2, 0.25) is 0 Å². The van der Waals surface area contributed by atoms with E-state index in [9.17, 15) is 4.79 Å². The number of hydrogen-bond donors (Lipinski definition) is 0. The fraction of sp³-hybridized carbons (Fsp3) is 0.647. The molecule has 1 aromatic heterocycles. The van der Waals surface area contributed by atoms with Gasteiger partial charge in [-0.05, 0) is 43.7 Å². The van der Waals surface area contributed by atoms with Gasteiger partial charge in [-0.2, -0.15) is 0 Å². The van der Waals surface area contributed by atoms with Gasteiger partial charge in [0.25, 0.3) is 0 Å². The molecule has 0 aliphatic heterocycles. The molecule has 1 saturated carbocycles. The Bertz CT molecular complexity index is 433. The van der Waals surface area contributed by atoms with E-state index in [0.717, 1.165) is 11.6 Å². The van der Waals surface area contributed by atoms with Crippen LogP contribution in [0.15, 0.2) is 18.3 Å². The van der Waals surface area contributed by atoms with Crippen LogP contribution in [0.4, 0.5) is 5.69 Å². The fourth-order valence-corrected chi connectivity index (χ4v) is 3.09. The summed E-state index contributed by atoms with van der Waals surface area (Å²) in [6, 6.07) is 4.50. The van der Waals surface area contributed by atoms with Crippen molar-refractivity contribution >= 4 is 11.5 Å². The maximum Gasteiger partial charge on any atom is 0.180 e. The maximum atomic E-state index is 11.6. The number of pyridine rings is 1.